The molecule has 7 nitrogen and oxygen atoms in total. The van der Waals surface area contributed by atoms with E-state index in [9.17, 15) is 16.8 Å². The Hall–Kier alpha value is -1.16. The molecule has 0 heterocycles. The molecule has 0 unspecified atom stereocenters. The summed E-state index contributed by atoms with van der Waals surface area (Å²) in [6, 6.07) is 4.32. The van der Waals surface area contributed by atoms with Crippen LogP contribution in [0.3, 0.4) is 0 Å². The van der Waals surface area contributed by atoms with Crippen LogP contribution in [-0.2, 0) is 30.8 Å². The van der Waals surface area contributed by atoms with Gasteiger partial charge >= 0.3 is 10.4 Å². The summed E-state index contributed by atoms with van der Waals surface area (Å²) >= 11 is 0. The van der Waals surface area contributed by atoms with Crippen LogP contribution in [0.5, 0.6) is 0 Å². The summed E-state index contributed by atoms with van der Waals surface area (Å²) in [4.78, 5) is -0.0128. The van der Waals surface area contributed by atoms with Gasteiger partial charge in [0.2, 0.25) is 0 Å². The molecule has 0 aliphatic rings. The van der Waals surface area contributed by atoms with E-state index in [1.165, 1.54) is 12.1 Å². The lowest BCUT2D eigenvalue weighted by atomic mass is 10.1. The average molecular weight is 309 g/mol. The van der Waals surface area contributed by atoms with Crippen molar-refractivity contribution in [2.45, 2.75) is 18.2 Å². The van der Waals surface area contributed by atoms with Gasteiger partial charge in [-0.05, 0) is 24.1 Å². The molecule has 3 N–H and O–H groups in total. The van der Waals surface area contributed by atoms with E-state index in [0.717, 1.165) is 5.56 Å². The van der Waals surface area contributed by atoms with Gasteiger partial charge in [0, 0.05) is 5.69 Å². The maximum atomic E-state index is 11.9. The fraction of sp³-hybridized carbons (Fsp3) is 0.400. The summed E-state index contributed by atoms with van der Waals surface area (Å²) in [5.41, 5.74) is 6.88. The molecule has 19 heavy (non-hydrogen) atoms. The molecule has 108 valence electrons. The summed E-state index contributed by atoms with van der Waals surface area (Å²) in [6.45, 7) is 1.23. The molecule has 0 saturated heterocycles. The van der Waals surface area contributed by atoms with Crippen LogP contribution in [0.4, 0.5) is 5.69 Å². The number of hydrogen-bond donors (Lipinski definition) is 2. The number of nitrogen functional groups attached to an aromatic ring is 1. The zero-order valence-electron chi connectivity index (χ0n) is 10.2. The predicted octanol–water partition coefficient (Wildman–Crippen LogP) is 0.424. The van der Waals surface area contributed by atoms with Crippen LogP contribution in [-0.4, -0.2) is 33.7 Å². The summed E-state index contributed by atoms with van der Waals surface area (Å²) in [5, 5.41) is 0. The smallest absolute Gasteiger partial charge is 0.397 e. The lowest BCUT2D eigenvalue weighted by Crippen LogP contribution is -2.15. The Bertz CT molecular complexity index is 651. The minimum atomic E-state index is -4.64. The molecule has 0 amide bonds. The molecule has 0 aliphatic carbocycles. The van der Waals surface area contributed by atoms with Gasteiger partial charge in [-0.15, -0.1) is 0 Å². The van der Waals surface area contributed by atoms with Gasteiger partial charge in [0.05, 0.1) is 17.3 Å². The van der Waals surface area contributed by atoms with Gasteiger partial charge < -0.3 is 5.73 Å². The minimum absolute atomic E-state index is 0.0128. The van der Waals surface area contributed by atoms with E-state index in [0.29, 0.717) is 12.1 Å². The largest absolute Gasteiger partial charge is 0.398 e. The van der Waals surface area contributed by atoms with E-state index < -0.39 is 32.6 Å². The molecular weight excluding hydrogens is 294 g/mol. The number of anilines is 1. The number of nitrogens with two attached hydrogens (primary N) is 1. The van der Waals surface area contributed by atoms with Crippen LogP contribution in [0, 0.1) is 0 Å². The van der Waals surface area contributed by atoms with E-state index in [4.69, 9.17) is 10.3 Å². The Labute approximate surface area is 112 Å². The van der Waals surface area contributed by atoms with Crippen LogP contribution in [0.2, 0.25) is 0 Å². The van der Waals surface area contributed by atoms with Crippen molar-refractivity contribution in [3.8, 4) is 0 Å². The van der Waals surface area contributed by atoms with Crippen molar-refractivity contribution in [3.63, 3.8) is 0 Å². The fourth-order valence-corrected chi connectivity index (χ4v) is 2.98. The second kappa shape index (κ2) is 5.87. The Morgan fingerprint density at radius 2 is 1.89 bits per heavy atom. The molecule has 0 aromatic heterocycles. The standard InChI is InChI=1S/C10H15NO6S2/c1-2-8-3-4-9(7-10(8)11)18(12,13)6-5-17-19(14,15)16/h3-4,7H,2,5-6,11H2,1H3,(H,14,15,16). The van der Waals surface area contributed by atoms with Crippen LogP contribution in [0.25, 0.3) is 0 Å². The topological polar surface area (TPSA) is 124 Å². The van der Waals surface area contributed by atoms with Crippen LogP contribution in [0.1, 0.15) is 12.5 Å². The quantitative estimate of drug-likeness (QED) is 0.576. The van der Waals surface area contributed by atoms with Gasteiger partial charge in [0.1, 0.15) is 0 Å². The first-order valence-corrected chi connectivity index (χ1v) is 8.40. The van der Waals surface area contributed by atoms with Gasteiger partial charge in [-0.25, -0.2) is 12.6 Å². The maximum Gasteiger partial charge on any atom is 0.397 e. The normalized spacial score (nSPS) is 12.5. The molecule has 9 heteroatoms. The average Bonchev–Trinajstić information content (AvgIpc) is 2.26. The number of aryl methyl sites for hydroxylation is 1. The van der Waals surface area contributed by atoms with E-state index >= 15 is 0 Å². The molecule has 0 saturated carbocycles. The minimum Gasteiger partial charge on any atom is -0.398 e. The van der Waals surface area contributed by atoms with E-state index in [-0.39, 0.29) is 4.90 Å². The van der Waals surface area contributed by atoms with Crippen molar-refractivity contribution in [2.75, 3.05) is 18.1 Å². The van der Waals surface area contributed by atoms with Gasteiger partial charge in [-0.3, -0.25) is 4.55 Å². The molecule has 1 aromatic rings. The highest BCUT2D eigenvalue weighted by Gasteiger charge is 2.17. The Morgan fingerprint density at radius 1 is 1.26 bits per heavy atom. The fourth-order valence-electron chi connectivity index (χ4n) is 1.46. The molecule has 0 bridgehead atoms. The highest BCUT2D eigenvalue weighted by Crippen LogP contribution is 2.19. The first-order chi connectivity index (χ1) is 8.65. The number of benzene rings is 1. The zero-order chi connectivity index (χ0) is 14.7. The van der Waals surface area contributed by atoms with Crippen molar-refractivity contribution in [1.29, 1.82) is 0 Å². The molecule has 0 aliphatic heterocycles. The Kier molecular flexibility index (Phi) is 4.91. The van der Waals surface area contributed by atoms with Crippen molar-refractivity contribution >= 4 is 25.9 Å². The van der Waals surface area contributed by atoms with E-state index in [1.54, 1.807) is 6.07 Å². The van der Waals surface area contributed by atoms with Crippen LogP contribution in [0.15, 0.2) is 23.1 Å². The Balaban J connectivity index is 2.86. The summed E-state index contributed by atoms with van der Waals surface area (Å²) in [5.74, 6) is -0.572. The molecule has 0 spiro atoms. The molecular formula is C10H15NO6S2. The lowest BCUT2D eigenvalue weighted by molar-refractivity contribution is 0.284. The molecule has 0 atom stereocenters. The number of sulfone groups is 1. The third kappa shape index (κ3) is 4.78. The second-order valence-corrected chi connectivity index (χ2v) is 6.98. The molecule has 0 radical (unpaired) electrons. The van der Waals surface area contributed by atoms with E-state index in [1.807, 2.05) is 6.92 Å². The van der Waals surface area contributed by atoms with Gasteiger partial charge in [-0.1, -0.05) is 13.0 Å². The monoisotopic (exact) mass is 309 g/mol. The molecule has 1 rings (SSSR count). The number of hydrogen-bond acceptors (Lipinski definition) is 6. The van der Waals surface area contributed by atoms with Gasteiger partial charge in [0.15, 0.2) is 9.84 Å². The predicted molar refractivity (Wildman–Crippen MR) is 69.8 cm³/mol. The van der Waals surface area contributed by atoms with Gasteiger partial charge in [0.25, 0.3) is 0 Å². The number of rotatable bonds is 6. The Morgan fingerprint density at radius 3 is 2.37 bits per heavy atom. The molecule has 1 aromatic carbocycles. The van der Waals surface area contributed by atoms with Crippen molar-refractivity contribution in [3.05, 3.63) is 23.8 Å². The highest BCUT2D eigenvalue weighted by molar-refractivity contribution is 7.91. The second-order valence-electron chi connectivity index (χ2n) is 3.78. The van der Waals surface area contributed by atoms with Crippen LogP contribution < -0.4 is 5.73 Å². The van der Waals surface area contributed by atoms with Crippen molar-refractivity contribution < 1.29 is 25.6 Å². The SMILES string of the molecule is CCc1ccc(S(=O)(=O)CCOS(=O)(=O)O)cc1N. The zero-order valence-corrected chi connectivity index (χ0v) is 11.9. The highest BCUT2D eigenvalue weighted by atomic mass is 32.3. The van der Waals surface area contributed by atoms with Gasteiger partial charge in [-0.2, -0.15) is 8.42 Å². The van der Waals surface area contributed by atoms with Crippen molar-refractivity contribution in [2.24, 2.45) is 0 Å². The van der Waals surface area contributed by atoms with E-state index in [2.05, 4.69) is 4.18 Å². The van der Waals surface area contributed by atoms with Crippen LogP contribution >= 0.6 is 0 Å². The first-order valence-electron chi connectivity index (χ1n) is 5.38. The van der Waals surface area contributed by atoms with Crippen molar-refractivity contribution in [1.82, 2.24) is 0 Å². The summed E-state index contributed by atoms with van der Waals surface area (Å²) in [7, 11) is -8.35. The summed E-state index contributed by atoms with van der Waals surface area (Å²) in [6.07, 6.45) is 0.679. The first kappa shape index (κ1) is 15.9. The third-order valence-corrected chi connectivity index (χ3v) is 4.58. The third-order valence-electron chi connectivity index (χ3n) is 2.44. The summed E-state index contributed by atoms with van der Waals surface area (Å²) < 4.78 is 56.6. The molecule has 0 fully saturated rings. The maximum absolute atomic E-state index is 11.9. The lowest BCUT2D eigenvalue weighted by Gasteiger charge is -2.07.